The molecule has 0 aromatic carbocycles. The van der Waals surface area contributed by atoms with Crippen LogP contribution < -0.4 is 5.32 Å². The summed E-state index contributed by atoms with van der Waals surface area (Å²) in [6, 6.07) is 0. The van der Waals surface area contributed by atoms with E-state index in [0.717, 1.165) is 13.0 Å². The number of nitrogens with zero attached hydrogens (tertiary/aromatic N) is 1. The van der Waals surface area contributed by atoms with Crippen molar-refractivity contribution in [1.82, 2.24) is 5.32 Å². The minimum Gasteiger partial charge on any atom is -0.316 e. The maximum Gasteiger partial charge on any atom is 0.0273 e. The molecule has 0 unspecified atom stereocenters. The summed E-state index contributed by atoms with van der Waals surface area (Å²) in [7, 11) is 3.79. The Morgan fingerprint density at radius 1 is 1.17 bits per heavy atom. The van der Waals surface area contributed by atoms with Crippen LogP contribution >= 0.6 is 0 Å². The molecule has 0 rings (SSSR count). The summed E-state index contributed by atoms with van der Waals surface area (Å²) < 4.78 is 0. The van der Waals surface area contributed by atoms with Gasteiger partial charge in [-0.15, -0.1) is 0 Å². The highest BCUT2D eigenvalue weighted by molar-refractivity contribution is 5.56. The van der Waals surface area contributed by atoms with Crippen molar-refractivity contribution < 1.29 is 0 Å². The molecular formula is C10H20N2. The van der Waals surface area contributed by atoms with Gasteiger partial charge in [-0.25, -0.2) is 0 Å². The summed E-state index contributed by atoms with van der Waals surface area (Å²) >= 11 is 0. The minimum atomic E-state index is 0.983. The maximum atomic E-state index is 3.93. The topological polar surface area (TPSA) is 24.4 Å². The number of hydrogen-bond donors (Lipinski definition) is 1. The highest BCUT2D eigenvalue weighted by Gasteiger charge is 1.82. The van der Waals surface area contributed by atoms with Crippen molar-refractivity contribution in [2.24, 2.45) is 4.99 Å². The van der Waals surface area contributed by atoms with Crippen LogP contribution in [0, 0.1) is 0 Å². The number of nitrogens with one attached hydrogen (secondary N) is 1. The van der Waals surface area contributed by atoms with E-state index in [1.54, 1.807) is 0 Å². The molecule has 0 aromatic rings. The zero-order valence-electron chi connectivity index (χ0n) is 8.21. The largest absolute Gasteiger partial charge is 0.316 e. The number of likely N-dealkylation sites (N-methyl/N-ethyl adjacent to an activating group) is 1. The average Bonchev–Trinajstić information content (AvgIpc) is 2.10. The van der Waals surface area contributed by atoms with E-state index in [1.165, 1.54) is 19.3 Å². The Hall–Kier alpha value is -0.630. The molecule has 0 saturated carbocycles. The lowest BCUT2D eigenvalue weighted by Gasteiger charge is -1.92. The number of allylic oxidation sites excluding steroid dienone is 1. The van der Waals surface area contributed by atoms with Gasteiger partial charge in [-0.2, -0.15) is 0 Å². The SMILES string of the molecule is CN=CCCCCC=CCNC. The molecule has 0 atom stereocenters. The molecule has 0 aliphatic carbocycles. The molecule has 0 spiro atoms. The molecule has 0 amide bonds. The third-order valence-corrected chi connectivity index (χ3v) is 1.63. The molecule has 0 heterocycles. The molecule has 12 heavy (non-hydrogen) atoms. The highest BCUT2D eigenvalue weighted by Crippen LogP contribution is 1.98. The molecule has 0 aliphatic rings. The molecule has 0 fully saturated rings. The van der Waals surface area contributed by atoms with E-state index in [1.807, 2.05) is 20.3 Å². The Balaban J connectivity index is 2.99. The van der Waals surface area contributed by atoms with Crippen molar-refractivity contribution in [3.05, 3.63) is 12.2 Å². The van der Waals surface area contributed by atoms with Crippen LogP contribution in [0.3, 0.4) is 0 Å². The first-order chi connectivity index (χ1) is 5.91. The fraction of sp³-hybridized carbons (Fsp3) is 0.700. The van der Waals surface area contributed by atoms with Gasteiger partial charge in [0.25, 0.3) is 0 Å². The van der Waals surface area contributed by atoms with E-state index in [4.69, 9.17) is 0 Å². The quantitative estimate of drug-likeness (QED) is 0.351. The van der Waals surface area contributed by atoms with Gasteiger partial charge in [-0.1, -0.05) is 12.2 Å². The van der Waals surface area contributed by atoms with Crippen molar-refractivity contribution in [3.8, 4) is 0 Å². The monoisotopic (exact) mass is 168 g/mol. The Morgan fingerprint density at radius 3 is 2.58 bits per heavy atom. The summed E-state index contributed by atoms with van der Waals surface area (Å²) in [6.45, 7) is 0.983. The van der Waals surface area contributed by atoms with Crippen LogP contribution in [0.25, 0.3) is 0 Å². The predicted octanol–water partition coefficient (Wildman–Crippen LogP) is 2.02. The highest BCUT2D eigenvalue weighted by atomic mass is 14.8. The molecule has 0 aliphatic heterocycles. The van der Waals surface area contributed by atoms with Gasteiger partial charge in [-0.05, 0) is 38.9 Å². The van der Waals surface area contributed by atoms with E-state index >= 15 is 0 Å². The second-order valence-electron chi connectivity index (χ2n) is 2.75. The van der Waals surface area contributed by atoms with Crippen molar-refractivity contribution in [3.63, 3.8) is 0 Å². The Labute approximate surface area is 75.8 Å². The normalized spacial score (nSPS) is 11.8. The van der Waals surface area contributed by atoms with Crippen LogP contribution in [0.2, 0.25) is 0 Å². The van der Waals surface area contributed by atoms with Crippen LogP contribution in [0.4, 0.5) is 0 Å². The smallest absolute Gasteiger partial charge is 0.0273 e. The molecule has 2 nitrogen and oxygen atoms in total. The zero-order valence-corrected chi connectivity index (χ0v) is 8.21. The molecule has 2 heteroatoms. The van der Waals surface area contributed by atoms with Crippen molar-refractivity contribution in [2.45, 2.75) is 25.7 Å². The molecule has 0 aromatic heterocycles. The van der Waals surface area contributed by atoms with E-state index in [2.05, 4.69) is 22.5 Å². The summed E-state index contributed by atoms with van der Waals surface area (Å²) in [5.41, 5.74) is 0. The fourth-order valence-electron chi connectivity index (χ4n) is 0.946. The van der Waals surface area contributed by atoms with Crippen molar-refractivity contribution in [2.75, 3.05) is 20.6 Å². The number of rotatable bonds is 7. The lowest BCUT2D eigenvalue weighted by molar-refractivity contribution is 0.779. The third kappa shape index (κ3) is 9.37. The van der Waals surface area contributed by atoms with Crippen molar-refractivity contribution in [1.29, 1.82) is 0 Å². The molecule has 70 valence electrons. The first kappa shape index (κ1) is 11.4. The summed E-state index contributed by atoms with van der Waals surface area (Å²) in [6.07, 6.45) is 11.2. The Bertz CT molecular complexity index is 128. The number of aliphatic imine (C=N–C) groups is 1. The van der Waals surface area contributed by atoms with E-state index in [9.17, 15) is 0 Å². The molecular weight excluding hydrogens is 148 g/mol. The first-order valence-corrected chi connectivity index (χ1v) is 4.62. The van der Waals surface area contributed by atoms with Crippen LogP contribution in [-0.2, 0) is 0 Å². The summed E-state index contributed by atoms with van der Waals surface area (Å²) in [5.74, 6) is 0. The van der Waals surface area contributed by atoms with E-state index in [-0.39, 0.29) is 0 Å². The Morgan fingerprint density at radius 2 is 1.92 bits per heavy atom. The molecule has 0 saturated heterocycles. The van der Waals surface area contributed by atoms with Gasteiger partial charge < -0.3 is 10.3 Å². The van der Waals surface area contributed by atoms with Gasteiger partial charge >= 0.3 is 0 Å². The third-order valence-electron chi connectivity index (χ3n) is 1.63. The van der Waals surface area contributed by atoms with Gasteiger partial charge in [0, 0.05) is 13.6 Å². The minimum absolute atomic E-state index is 0.983. The zero-order chi connectivity index (χ0) is 9.07. The van der Waals surface area contributed by atoms with E-state index < -0.39 is 0 Å². The first-order valence-electron chi connectivity index (χ1n) is 4.62. The standard InChI is InChI=1S/C10H20N2/c1-11-9-7-5-3-4-6-8-10-12-2/h5,7,10-11H,3-4,6,8-9H2,1-2H3. The van der Waals surface area contributed by atoms with Gasteiger partial charge in [-0.3, -0.25) is 0 Å². The second-order valence-corrected chi connectivity index (χ2v) is 2.75. The van der Waals surface area contributed by atoms with Crippen LogP contribution in [0.5, 0.6) is 0 Å². The van der Waals surface area contributed by atoms with Gasteiger partial charge in [0.2, 0.25) is 0 Å². The lowest BCUT2D eigenvalue weighted by Crippen LogP contribution is -2.03. The summed E-state index contributed by atoms with van der Waals surface area (Å²) in [4.78, 5) is 3.93. The second kappa shape index (κ2) is 10.4. The molecule has 1 N–H and O–H groups in total. The number of hydrogen-bond acceptors (Lipinski definition) is 2. The van der Waals surface area contributed by atoms with Gasteiger partial charge in [0.1, 0.15) is 0 Å². The Kier molecular flexibility index (Phi) is 9.83. The average molecular weight is 168 g/mol. The molecule has 0 radical (unpaired) electrons. The van der Waals surface area contributed by atoms with Crippen molar-refractivity contribution >= 4 is 6.21 Å². The van der Waals surface area contributed by atoms with Crippen LogP contribution in [0.1, 0.15) is 25.7 Å². The van der Waals surface area contributed by atoms with Crippen LogP contribution in [-0.4, -0.2) is 26.9 Å². The molecule has 0 bridgehead atoms. The maximum absolute atomic E-state index is 3.93. The number of unbranched alkanes of at least 4 members (excludes halogenated alkanes) is 3. The lowest BCUT2D eigenvalue weighted by atomic mass is 10.2. The summed E-state index contributed by atoms with van der Waals surface area (Å²) in [5, 5.41) is 3.07. The van der Waals surface area contributed by atoms with Gasteiger partial charge in [0.05, 0.1) is 0 Å². The fourth-order valence-corrected chi connectivity index (χ4v) is 0.946. The van der Waals surface area contributed by atoms with Gasteiger partial charge in [0.15, 0.2) is 0 Å². The van der Waals surface area contributed by atoms with E-state index in [0.29, 0.717) is 0 Å². The predicted molar refractivity (Wildman–Crippen MR) is 56.0 cm³/mol. The van der Waals surface area contributed by atoms with Crippen LogP contribution in [0.15, 0.2) is 17.1 Å².